The average molecular weight is 386 g/mol. The zero-order valence-electron chi connectivity index (χ0n) is 15.8. The van der Waals surface area contributed by atoms with Gasteiger partial charge < -0.3 is 14.4 Å². The van der Waals surface area contributed by atoms with Gasteiger partial charge in [-0.2, -0.15) is 0 Å². The first-order valence-corrected chi connectivity index (χ1v) is 8.77. The van der Waals surface area contributed by atoms with Crippen molar-refractivity contribution < 1.29 is 24.0 Å². The van der Waals surface area contributed by atoms with Crippen molar-refractivity contribution in [2.45, 2.75) is 19.9 Å². The topological polar surface area (TPSA) is 99.0 Å². The summed E-state index contributed by atoms with van der Waals surface area (Å²) >= 11 is 0. The highest BCUT2D eigenvalue weighted by atomic mass is 16.6. The van der Waals surface area contributed by atoms with Crippen molar-refractivity contribution in [2.24, 2.45) is 0 Å². The Labute approximate surface area is 162 Å². The Kier molecular flexibility index (Phi) is 7.50. The van der Waals surface area contributed by atoms with Crippen LogP contribution in [0.2, 0.25) is 0 Å². The number of ether oxygens (including phenoxy) is 2. The summed E-state index contributed by atoms with van der Waals surface area (Å²) in [5.74, 6) is -0.754. The lowest BCUT2D eigenvalue weighted by molar-refractivity contribution is -0.385. The molecule has 0 aromatic heterocycles. The van der Waals surface area contributed by atoms with Gasteiger partial charge in [-0.05, 0) is 24.6 Å². The van der Waals surface area contributed by atoms with Crippen LogP contribution in [-0.4, -0.2) is 42.0 Å². The molecule has 1 amide bonds. The van der Waals surface area contributed by atoms with E-state index in [4.69, 9.17) is 4.74 Å². The molecular formula is C20H22N2O6. The minimum Gasteiger partial charge on any atom is -0.487 e. The van der Waals surface area contributed by atoms with E-state index in [0.717, 1.165) is 5.56 Å². The summed E-state index contributed by atoms with van der Waals surface area (Å²) in [7, 11) is 1.28. The molecule has 148 valence electrons. The number of hydrogen-bond donors (Lipinski definition) is 0. The number of esters is 1. The van der Waals surface area contributed by atoms with Crippen LogP contribution in [0.25, 0.3) is 0 Å². The van der Waals surface area contributed by atoms with Crippen LogP contribution >= 0.6 is 0 Å². The Bertz CT molecular complexity index is 838. The predicted molar refractivity (Wildman–Crippen MR) is 102 cm³/mol. The minimum atomic E-state index is -0.586. The van der Waals surface area contributed by atoms with Crippen LogP contribution in [-0.2, 0) is 16.1 Å². The van der Waals surface area contributed by atoms with Crippen molar-refractivity contribution in [3.63, 3.8) is 0 Å². The number of benzene rings is 2. The predicted octanol–water partition coefficient (Wildman–Crippen LogP) is 3.20. The second kappa shape index (κ2) is 10.1. The van der Waals surface area contributed by atoms with Crippen LogP contribution in [0, 0.1) is 10.1 Å². The first-order valence-electron chi connectivity index (χ1n) is 8.77. The maximum absolute atomic E-state index is 13.0. The molecule has 0 saturated heterocycles. The highest BCUT2D eigenvalue weighted by Gasteiger charge is 2.23. The van der Waals surface area contributed by atoms with E-state index in [1.807, 2.05) is 30.3 Å². The van der Waals surface area contributed by atoms with E-state index in [1.54, 1.807) is 6.92 Å². The molecule has 0 aliphatic heterocycles. The minimum absolute atomic E-state index is 0.0220. The summed E-state index contributed by atoms with van der Waals surface area (Å²) in [5, 5.41) is 11.3. The number of nitro groups is 1. The Morgan fingerprint density at radius 2 is 1.86 bits per heavy atom. The number of nitro benzene ring substituents is 1. The van der Waals surface area contributed by atoms with E-state index in [9.17, 15) is 19.7 Å². The van der Waals surface area contributed by atoms with Gasteiger partial charge in [-0.3, -0.25) is 19.7 Å². The van der Waals surface area contributed by atoms with Gasteiger partial charge in [-0.1, -0.05) is 30.3 Å². The molecule has 0 spiro atoms. The first-order chi connectivity index (χ1) is 13.5. The third-order valence-corrected chi connectivity index (χ3v) is 4.02. The molecule has 0 saturated carbocycles. The van der Waals surface area contributed by atoms with E-state index >= 15 is 0 Å². The van der Waals surface area contributed by atoms with Gasteiger partial charge >= 0.3 is 11.7 Å². The summed E-state index contributed by atoms with van der Waals surface area (Å²) in [4.78, 5) is 36.7. The smallest absolute Gasteiger partial charge is 0.311 e. The SMILES string of the molecule is CCOc1ccc(C(=O)N(CCC(=O)OC)Cc2ccccc2)cc1[N+](=O)[O-]. The van der Waals surface area contributed by atoms with E-state index < -0.39 is 16.8 Å². The number of nitrogens with zero attached hydrogens (tertiary/aromatic N) is 2. The van der Waals surface area contributed by atoms with Crippen molar-refractivity contribution in [3.8, 4) is 5.75 Å². The average Bonchev–Trinajstić information content (AvgIpc) is 2.71. The van der Waals surface area contributed by atoms with E-state index in [1.165, 1.54) is 30.2 Å². The molecule has 0 fully saturated rings. The summed E-state index contributed by atoms with van der Waals surface area (Å²) in [6, 6.07) is 13.4. The maximum atomic E-state index is 13.0. The highest BCUT2D eigenvalue weighted by Crippen LogP contribution is 2.28. The zero-order chi connectivity index (χ0) is 20.5. The molecule has 28 heavy (non-hydrogen) atoms. The lowest BCUT2D eigenvalue weighted by Gasteiger charge is -2.22. The number of rotatable bonds is 9. The molecule has 2 aromatic carbocycles. The number of hydrogen-bond acceptors (Lipinski definition) is 6. The molecule has 8 heteroatoms. The normalized spacial score (nSPS) is 10.2. The number of carbonyl (C=O) groups excluding carboxylic acids is 2. The molecule has 0 bridgehead atoms. The molecular weight excluding hydrogens is 364 g/mol. The summed E-state index contributed by atoms with van der Waals surface area (Å²) in [5.41, 5.74) is 0.748. The molecule has 2 aromatic rings. The van der Waals surface area contributed by atoms with Crippen LogP contribution in [0.5, 0.6) is 5.75 Å². The van der Waals surface area contributed by atoms with Gasteiger partial charge in [0.2, 0.25) is 0 Å². The lowest BCUT2D eigenvalue weighted by Crippen LogP contribution is -2.32. The number of amides is 1. The van der Waals surface area contributed by atoms with Gasteiger partial charge in [0.15, 0.2) is 5.75 Å². The molecule has 0 aliphatic rings. The second-order valence-corrected chi connectivity index (χ2v) is 5.91. The molecule has 0 aliphatic carbocycles. The molecule has 0 N–H and O–H groups in total. The Balaban J connectivity index is 2.30. The fraction of sp³-hybridized carbons (Fsp3) is 0.300. The van der Waals surface area contributed by atoms with Crippen molar-refractivity contribution in [1.29, 1.82) is 0 Å². The largest absolute Gasteiger partial charge is 0.487 e. The van der Waals surface area contributed by atoms with E-state index in [0.29, 0.717) is 0 Å². The second-order valence-electron chi connectivity index (χ2n) is 5.91. The zero-order valence-corrected chi connectivity index (χ0v) is 15.8. The standard InChI is InChI=1S/C20H22N2O6/c1-3-28-18-10-9-16(13-17(18)22(25)26)20(24)21(12-11-19(23)27-2)14-15-7-5-4-6-8-15/h4-10,13H,3,11-12,14H2,1-2H3. The molecule has 0 unspecified atom stereocenters. The molecule has 2 rings (SSSR count). The van der Waals surface area contributed by atoms with Crippen LogP contribution in [0.1, 0.15) is 29.3 Å². The van der Waals surface area contributed by atoms with Crippen molar-refractivity contribution in [3.05, 3.63) is 69.8 Å². The van der Waals surface area contributed by atoms with Crippen LogP contribution in [0.15, 0.2) is 48.5 Å². The number of methoxy groups -OCH3 is 1. The highest BCUT2D eigenvalue weighted by molar-refractivity contribution is 5.95. The molecule has 0 heterocycles. The van der Waals surface area contributed by atoms with Gasteiger partial charge in [0.25, 0.3) is 5.91 Å². The summed E-state index contributed by atoms with van der Waals surface area (Å²) in [6.45, 7) is 2.38. The summed E-state index contributed by atoms with van der Waals surface area (Å²) in [6.07, 6.45) is 0.0220. The van der Waals surface area contributed by atoms with Crippen LogP contribution in [0.3, 0.4) is 0 Å². The van der Waals surface area contributed by atoms with Crippen LogP contribution < -0.4 is 4.74 Å². The number of carbonyl (C=O) groups is 2. The molecule has 8 nitrogen and oxygen atoms in total. The van der Waals surface area contributed by atoms with Crippen molar-refractivity contribution in [1.82, 2.24) is 4.90 Å². The Morgan fingerprint density at radius 1 is 1.14 bits per heavy atom. The summed E-state index contributed by atoms with van der Waals surface area (Å²) < 4.78 is 9.90. The van der Waals surface area contributed by atoms with E-state index in [2.05, 4.69) is 4.74 Å². The van der Waals surface area contributed by atoms with Gasteiger partial charge in [0, 0.05) is 24.7 Å². The van der Waals surface area contributed by atoms with Gasteiger partial charge in [0.1, 0.15) is 0 Å². The monoisotopic (exact) mass is 386 g/mol. The quantitative estimate of drug-likeness (QED) is 0.373. The third kappa shape index (κ3) is 5.54. The first kappa shape index (κ1) is 20.9. The van der Waals surface area contributed by atoms with E-state index in [-0.39, 0.29) is 43.1 Å². The van der Waals surface area contributed by atoms with Crippen molar-refractivity contribution >= 4 is 17.6 Å². The van der Waals surface area contributed by atoms with Gasteiger partial charge in [-0.25, -0.2) is 0 Å². The van der Waals surface area contributed by atoms with Crippen molar-refractivity contribution in [2.75, 3.05) is 20.3 Å². The Hall–Kier alpha value is -3.42. The molecule has 0 radical (unpaired) electrons. The molecule has 0 atom stereocenters. The Morgan fingerprint density at radius 3 is 2.46 bits per heavy atom. The fourth-order valence-corrected chi connectivity index (χ4v) is 2.64. The fourth-order valence-electron chi connectivity index (χ4n) is 2.64. The maximum Gasteiger partial charge on any atom is 0.311 e. The lowest BCUT2D eigenvalue weighted by atomic mass is 10.1. The third-order valence-electron chi connectivity index (χ3n) is 4.02. The van der Waals surface area contributed by atoms with Gasteiger partial charge in [-0.15, -0.1) is 0 Å². The van der Waals surface area contributed by atoms with Gasteiger partial charge in [0.05, 0.1) is 25.1 Å². The van der Waals surface area contributed by atoms with Crippen LogP contribution in [0.4, 0.5) is 5.69 Å².